The number of carbonyl (C=O) groups is 1. The van der Waals surface area contributed by atoms with Crippen LogP contribution in [0.4, 0.5) is 11.6 Å². The second-order valence-electron chi connectivity index (χ2n) is 11.7. The number of hydrogen-bond acceptors (Lipinski definition) is 7. The van der Waals surface area contributed by atoms with Gasteiger partial charge in [0.1, 0.15) is 12.6 Å². The van der Waals surface area contributed by atoms with Crippen molar-refractivity contribution >= 4 is 45.2 Å². The van der Waals surface area contributed by atoms with Gasteiger partial charge in [-0.2, -0.15) is 4.98 Å². The summed E-state index contributed by atoms with van der Waals surface area (Å²) in [4.78, 5) is 18.9. The van der Waals surface area contributed by atoms with Crippen LogP contribution in [0.2, 0.25) is 0 Å². The molecule has 1 amide bonds. The molecule has 242 valence electrons. The number of fused-ring (bicyclic) bond motifs is 1. The smallest absolute Gasteiger partial charge is 0.255 e. The minimum Gasteiger partial charge on any atom is -0.490 e. The van der Waals surface area contributed by atoms with Gasteiger partial charge < -0.3 is 20.1 Å². The number of ether oxygens (including phenoxy) is 2. The minimum atomic E-state index is -0.573. The van der Waals surface area contributed by atoms with Gasteiger partial charge in [-0.25, -0.2) is 4.68 Å². The third-order valence-corrected chi connectivity index (χ3v) is 9.97. The predicted octanol–water partition coefficient (Wildman–Crippen LogP) is 8.99. The SMILES string of the molecule is CCCSc1nc2n(n1)C(c1cc(Br)c(OCc3cc(C)c(C)cc3C)c(OCC)c1)C(C(=O)Nc1cccc(C)c1C)=C(C)N2. The van der Waals surface area contributed by atoms with Crippen molar-refractivity contribution in [1.82, 2.24) is 14.8 Å². The Morgan fingerprint density at radius 1 is 1.00 bits per heavy atom. The summed E-state index contributed by atoms with van der Waals surface area (Å²) in [5, 5.41) is 12.1. The van der Waals surface area contributed by atoms with E-state index in [4.69, 9.17) is 19.6 Å². The molecule has 46 heavy (non-hydrogen) atoms. The molecule has 1 atom stereocenters. The molecule has 0 fully saturated rings. The van der Waals surface area contributed by atoms with Gasteiger partial charge in [-0.3, -0.25) is 4.79 Å². The summed E-state index contributed by atoms with van der Waals surface area (Å²) in [6, 6.07) is 13.7. The number of nitrogens with zero attached hydrogens (tertiary/aromatic N) is 3. The number of benzene rings is 3. The van der Waals surface area contributed by atoms with Crippen LogP contribution in [0.15, 0.2) is 63.4 Å². The Labute approximate surface area is 284 Å². The van der Waals surface area contributed by atoms with E-state index < -0.39 is 6.04 Å². The van der Waals surface area contributed by atoms with E-state index in [2.05, 4.69) is 66.4 Å². The van der Waals surface area contributed by atoms with E-state index in [1.165, 1.54) is 16.7 Å². The van der Waals surface area contributed by atoms with Crippen molar-refractivity contribution in [3.8, 4) is 11.5 Å². The number of rotatable bonds is 11. The van der Waals surface area contributed by atoms with Gasteiger partial charge in [0.05, 0.1) is 16.7 Å². The van der Waals surface area contributed by atoms with Crippen molar-refractivity contribution in [1.29, 1.82) is 0 Å². The summed E-state index contributed by atoms with van der Waals surface area (Å²) >= 11 is 5.39. The number of halogens is 1. The summed E-state index contributed by atoms with van der Waals surface area (Å²) in [6.07, 6.45) is 1.000. The first kappa shape index (κ1) is 33.6. The molecule has 0 aliphatic carbocycles. The van der Waals surface area contributed by atoms with E-state index in [0.29, 0.717) is 47.1 Å². The lowest BCUT2D eigenvalue weighted by Gasteiger charge is -2.29. The number of nitrogens with one attached hydrogen (secondary N) is 2. The van der Waals surface area contributed by atoms with E-state index in [9.17, 15) is 4.79 Å². The number of allylic oxidation sites excluding steroid dienone is 1. The van der Waals surface area contributed by atoms with Crippen molar-refractivity contribution < 1.29 is 14.3 Å². The second kappa shape index (κ2) is 14.3. The van der Waals surface area contributed by atoms with Crippen LogP contribution in [0.3, 0.4) is 0 Å². The number of amides is 1. The Hall–Kier alpha value is -3.76. The van der Waals surface area contributed by atoms with Crippen LogP contribution in [0.1, 0.15) is 72.2 Å². The van der Waals surface area contributed by atoms with Crippen molar-refractivity contribution in [3.63, 3.8) is 0 Å². The van der Waals surface area contributed by atoms with E-state index in [1.807, 2.05) is 58.0 Å². The fourth-order valence-corrected chi connectivity index (χ4v) is 6.80. The topological polar surface area (TPSA) is 90.3 Å². The molecular weight excluding hydrogens is 662 g/mol. The predicted molar refractivity (Wildman–Crippen MR) is 190 cm³/mol. The average molecular weight is 705 g/mol. The lowest BCUT2D eigenvalue weighted by Crippen LogP contribution is -2.31. The highest BCUT2D eigenvalue weighted by Gasteiger charge is 2.35. The van der Waals surface area contributed by atoms with Crippen molar-refractivity contribution in [2.75, 3.05) is 23.0 Å². The summed E-state index contributed by atoms with van der Waals surface area (Å²) in [5.74, 6) is 2.46. The molecule has 1 unspecified atom stereocenters. The van der Waals surface area contributed by atoms with Crippen LogP contribution in [0, 0.1) is 34.6 Å². The van der Waals surface area contributed by atoms with E-state index in [0.717, 1.165) is 44.6 Å². The number of anilines is 2. The largest absolute Gasteiger partial charge is 0.490 e. The van der Waals surface area contributed by atoms with E-state index >= 15 is 0 Å². The summed E-state index contributed by atoms with van der Waals surface area (Å²) in [7, 11) is 0. The first-order valence-corrected chi connectivity index (χ1v) is 17.4. The molecule has 0 saturated heterocycles. The molecule has 4 aromatic rings. The van der Waals surface area contributed by atoms with Gasteiger partial charge in [-0.1, -0.05) is 43.0 Å². The standard InChI is InChI=1S/C36H42BrN5O3S/c1-9-14-46-36-40-35-38-25(8)31(34(43)39-29-13-11-12-20(3)24(29)7)32(42(35)41-36)26-17-28(37)33(30(18-26)44-10-2)45-19-27-16-22(5)21(4)15-23(27)6/h11-13,15-18,32H,9-10,14,19H2,1-8H3,(H,39,43)(H,38,40,41). The Morgan fingerprint density at radius 2 is 1.76 bits per heavy atom. The molecule has 2 N–H and O–H groups in total. The molecule has 0 spiro atoms. The number of thioether (sulfide) groups is 1. The molecule has 1 aliphatic heterocycles. The fourth-order valence-electron chi connectivity index (χ4n) is 5.54. The highest BCUT2D eigenvalue weighted by molar-refractivity contribution is 9.10. The van der Waals surface area contributed by atoms with Gasteiger partial charge in [0.25, 0.3) is 5.91 Å². The van der Waals surface area contributed by atoms with Gasteiger partial charge in [0.15, 0.2) is 11.5 Å². The fraction of sp³-hybridized carbons (Fsp3) is 0.361. The minimum absolute atomic E-state index is 0.216. The van der Waals surface area contributed by atoms with Crippen LogP contribution < -0.4 is 20.1 Å². The summed E-state index contributed by atoms with van der Waals surface area (Å²) < 4.78 is 15.1. The Bertz CT molecular complexity index is 1820. The quantitative estimate of drug-likeness (QED) is 0.151. The number of aryl methyl sites for hydroxylation is 4. The van der Waals surface area contributed by atoms with Crippen molar-refractivity contribution in [3.05, 3.63) is 97.2 Å². The highest BCUT2D eigenvalue weighted by atomic mass is 79.9. The molecule has 0 radical (unpaired) electrons. The van der Waals surface area contributed by atoms with Crippen LogP contribution in [0.5, 0.6) is 11.5 Å². The maximum atomic E-state index is 14.2. The van der Waals surface area contributed by atoms with Gasteiger partial charge >= 0.3 is 0 Å². The van der Waals surface area contributed by atoms with Crippen LogP contribution >= 0.6 is 27.7 Å². The third-order valence-electron chi connectivity index (χ3n) is 8.34. The zero-order chi connectivity index (χ0) is 33.1. The van der Waals surface area contributed by atoms with Crippen LogP contribution in [0.25, 0.3) is 0 Å². The third kappa shape index (κ3) is 6.98. The van der Waals surface area contributed by atoms with Gasteiger partial charge in [0.2, 0.25) is 11.1 Å². The Balaban J connectivity index is 1.58. The molecule has 2 heterocycles. The number of carbonyl (C=O) groups excluding carboxylic acids is 1. The molecule has 10 heteroatoms. The molecule has 0 saturated carbocycles. The summed E-state index contributed by atoms with van der Waals surface area (Å²) in [6.45, 7) is 17.2. The van der Waals surface area contributed by atoms with Gasteiger partial charge in [-0.05, 0) is 128 Å². The molecule has 1 aliphatic rings. The Morgan fingerprint density at radius 3 is 2.50 bits per heavy atom. The van der Waals surface area contributed by atoms with Gasteiger partial charge in [0, 0.05) is 17.1 Å². The molecule has 5 rings (SSSR count). The molecular formula is C36H42BrN5O3S. The van der Waals surface area contributed by atoms with Crippen LogP contribution in [-0.4, -0.2) is 33.0 Å². The van der Waals surface area contributed by atoms with Crippen molar-refractivity contribution in [2.45, 2.75) is 79.6 Å². The van der Waals surface area contributed by atoms with Crippen molar-refractivity contribution in [2.24, 2.45) is 0 Å². The molecule has 0 bridgehead atoms. The van der Waals surface area contributed by atoms with Gasteiger partial charge in [-0.15, -0.1) is 5.10 Å². The van der Waals surface area contributed by atoms with E-state index in [-0.39, 0.29) is 5.91 Å². The molecule has 1 aromatic heterocycles. The zero-order valence-electron chi connectivity index (χ0n) is 27.8. The summed E-state index contributed by atoms with van der Waals surface area (Å²) in [5.41, 5.74) is 9.75. The molecule has 3 aromatic carbocycles. The maximum Gasteiger partial charge on any atom is 0.255 e. The number of hydrogen-bond donors (Lipinski definition) is 2. The van der Waals surface area contributed by atoms with Crippen LogP contribution in [-0.2, 0) is 11.4 Å². The zero-order valence-corrected chi connectivity index (χ0v) is 30.2. The Kier molecular flexibility index (Phi) is 10.5. The first-order valence-electron chi connectivity index (χ1n) is 15.6. The number of aromatic nitrogens is 3. The lowest BCUT2D eigenvalue weighted by atomic mass is 9.94. The monoisotopic (exact) mass is 703 g/mol. The lowest BCUT2D eigenvalue weighted by molar-refractivity contribution is -0.113. The normalized spacial score (nSPS) is 14.2. The maximum absolute atomic E-state index is 14.2. The first-order chi connectivity index (χ1) is 22.0. The highest BCUT2D eigenvalue weighted by Crippen LogP contribution is 2.44. The molecule has 8 nitrogen and oxygen atoms in total. The second-order valence-corrected chi connectivity index (χ2v) is 13.6. The van der Waals surface area contributed by atoms with E-state index in [1.54, 1.807) is 16.4 Å². The average Bonchev–Trinajstić information content (AvgIpc) is 3.41.